The molecule has 3 N–H and O–H groups in total. The fraction of sp³-hybridized carbons (Fsp3) is 0.292. The van der Waals surface area contributed by atoms with Gasteiger partial charge in [0.1, 0.15) is 5.69 Å². The first-order valence-electron chi connectivity index (χ1n) is 11.6. The summed E-state index contributed by atoms with van der Waals surface area (Å²) < 4.78 is 41.3. The van der Waals surface area contributed by atoms with E-state index in [0.717, 1.165) is 25.7 Å². The van der Waals surface area contributed by atoms with Crippen LogP contribution in [-0.4, -0.2) is 42.3 Å². The number of pyridine rings is 1. The zero-order chi connectivity index (χ0) is 26.8. The minimum Gasteiger partial charge on any atom is -0.346 e. The predicted octanol–water partition coefficient (Wildman–Crippen LogP) is 5.39. The minimum absolute atomic E-state index is 0.00616. The Bertz CT molecular complexity index is 1610. The van der Waals surface area contributed by atoms with Gasteiger partial charge in [-0.25, -0.2) is 9.67 Å². The van der Waals surface area contributed by atoms with Crippen LogP contribution in [0.25, 0.3) is 16.7 Å². The van der Waals surface area contributed by atoms with E-state index in [-0.39, 0.29) is 32.7 Å². The van der Waals surface area contributed by atoms with Gasteiger partial charge in [0.25, 0.3) is 11.8 Å². The quantitative estimate of drug-likeness (QED) is 0.290. The van der Waals surface area contributed by atoms with Crippen molar-refractivity contribution >= 4 is 51.6 Å². The molecule has 3 aromatic heterocycles. The van der Waals surface area contributed by atoms with Crippen LogP contribution >= 0.6 is 23.2 Å². The summed E-state index contributed by atoms with van der Waals surface area (Å²) in [6.45, 7) is 0. The van der Waals surface area contributed by atoms with Gasteiger partial charge in [0.2, 0.25) is 0 Å². The lowest BCUT2D eigenvalue weighted by molar-refractivity contribution is -0.141. The highest BCUT2D eigenvalue weighted by Gasteiger charge is 2.55. The molecular weight excluding hydrogens is 546 g/mol. The molecule has 0 spiro atoms. The number of carbonyl (C=O) groups is 2. The van der Waals surface area contributed by atoms with Gasteiger partial charge < -0.3 is 10.6 Å². The van der Waals surface area contributed by atoms with Crippen LogP contribution in [0.3, 0.4) is 0 Å². The van der Waals surface area contributed by atoms with Crippen molar-refractivity contribution in [3.63, 3.8) is 0 Å². The van der Waals surface area contributed by atoms with Gasteiger partial charge >= 0.3 is 6.18 Å². The number of anilines is 1. The van der Waals surface area contributed by atoms with Crippen LogP contribution in [0.5, 0.6) is 0 Å². The summed E-state index contributed by atoms with van der Waals surface area (Å²) in [5.74, 6) is -1.26. The monoisotopic (exact) mass is 563 g/mol. The van der Waals surface area contributed by atoms with Gasteiger partial charge in [-0.15, -0.1) is 0 Å². The predicted molar refractivity (Wildman–Crippen MR) is 133 cm³/mol. The lowest BCUT2D eigenvalue weighted by Crippen LogP contribution is -2.39. The number of rotatable bonds is 6. The second-order valence-electron chi connectivity index (χ2n) is 9.41. The Morgan fingerprint density at radius 3 is 2.55 bits per heavy atom. The molecule has 9 nitrogen and oxygen atoms in total. The smallest absolute Gasteiger partial charge is 0.346 e. The van der Waals surface area contributed by atoms with E-state index in [4.69, 9.17) is 23.2 Å². The molecule has 3 heterocycles. The number of alkyl halides is 3. The topological polar surface area (TPSA) is 118 Å². The number of nitrogens with zero attached hydrogens (tertiary/aromatic N) is 4. The fourth-order valence-corrected chi connectivity index (χ4v) is 5.12. The average Bonchev–Trinajstić information content (AvgIpc) is 3.76. The number of nitrogens with one attached hydrogen (secondary N) is 3. The molecule has 0 aliphatic heterocycles. The molecule has 196 valence electrons. The van der Waals surface area contributed by atoms with E-state index in [1.54, 1.807) is 0 Å². The zero-order valence-corrected chi connectivity index (χ0v) is 20.9. The highest BCUT2D eigenvalue weighted by Crippen LogP contribution is 2.54. The van der Waals surface area contributed by atoms with Crippen molar-refractivity contribution in [2.45, 2.75) is 37.4 Å². The highest BCUT2D eigenvalue weighted by atomic mass is 35.5. The first kappa shape index (κ1) is 24.7. The van der Waals surface area contributed by atoms with Crippen molar-refractivity contribution in [1.82, 2.24) is 30.3 Å². The molecule has 1 aromatic carbocycles. The molecule has 2 amide bonds. The third-order valence-electron chi connectivity index (χ3n) is 6.84. The number of fused-ring (bicyclic) bond motifs is 1. The van der Waals surface area contributed by atoms with Crippen LogP contribution in [0.15, 0.2) is 36.7 Å². The third-order valence-corrected chi connectivity index (χ3v) is 7.43. The summed E-state index contributed by atoms with van der Waals surface area (Å²) in [5, 5.41) is 16.4. The molecule has 0 radical (unpaired) electrons. The van der Waals surface area contributed by atoms with Crippen LogP contribution in [0, 0.1) is 5.92 Å². The second kappa shape index (κ2) is 8.70. The van der Waals surface area contributed by atoms with Gasteiger partial charge in [0.05, 0.1) is 33.0 Å². The van der Waals surface area contributed by atoms with Gasteiger partial charge in [-0.3, -0.25) is 14.7 Å². The molecule has 0 bridgehead atoms. The van der Waals surface area contributed by atoms with Crippen molar-refractivity contribution in [2.75, 3.05) is 5.32 Å². The van der Waals surface area contributed by atoms with E-state index in [9.17, 15) is 22.8 Å². The number of aromatic amines is 1. The maximum Gasteiger partial charge on any atom is 0.435 e. The average molecular weight is 564 g/mol. The summed E-state index contributed by atoms with van der Waals surface area (Å²) in [4.78, 5) is 31.0. The molecule has 6 rings (SSSR count). The summed E-state index contributed by atoms with van der Waals surface area (Å²) in [6, 6.07) is 4.96. The second-order valence-corrected chi connectivity index (χ2v) is 10.2. The van der Waals surface area contributed by atoms with Gasteiger partial charge in [-0.1, -0.05) is 23.2 Å². The van der Waals surface area contributed by atoms with E-state index in [1.807, 2.05) is 0 Å². The van der Waals surface area contributed by atoms with E-state index < -0.39 is 29.4 Å². The lowest BCUT2D eigenvalue weighted by atomic mass is 10.1. The number of hydrogen-bond acceptors (Lipinski definition) is 5. The van der Waals surface area contributed by atoms with Gasteiger partial charge in [0, 0.05) is 23.2 Å². The molecule has 2 fully saturated rings. The molecule has 38 heavy (non-hydrogen) atoms. The molecule has 0 atom stereocenters. The molecule has 14 heteroatoms. The van der Waals surface area contributed by atoms with Crippen LogP contribution < -0.4 is 10.6 Å². The Hall–Kier alpha value is -3.64. The maximum absolute atomic E-state index is 13.5. The van der Waals surface area contributed by atoms with Crippen LogP contribution in [0.4, 0.5) is 18.9 Å². The SMILES string of the molecule is O=C(NC1(C2CC2)CC1)c1c(NC(=O)c2cc(C(F)(F)F)nn2-c2ncccc2Cl)c(Cl)cc2cn[nH]c12. The van der Waals surface area contributed by atoms with E-state index >= 15 is 0 Å². The normalized spacial score (nSPS) is 16.4. The molecule has 0 unspecified atom stereocenters. The van der Waals surface area contributed by atoms with Crippen LogP contribution in [0.2, 0.25) is 10.0 Å². The summed E-state index contributed by atoms with van der Waals surface area (Å²) >= 11 is 12.6. The molecule has 0 saturated heterocycles. The summed E-state index contributed by atoms with van der Waals surface area (Å²) in [6.07, 6.45) is 1.69. The number of hydrogen-bond donors (Lipinski definition) is 3. The lowest BCUT2D eigenvalue weighted by Gasteiger charge is -2.19. The summed E-state index contributed by atoms with van der Waals surface area (Å²) in [5.41, 5.74) is -1.84. The number of aromatic nitrogens is 5. The van der Waals surface area contributed by atoms with Gasteiger partial charge in [-0.05, 0) is 49.8 Å². The molecule has 2 aliphatic rings. The Morgan fingerprint density at radius 2 is 1.89 bits per heavy atom. The first-order chi connectivity index (χ1) is 18.1. The number of amides is 2. The number of benzene rings is 1. The largest absolute Gasteiger partial charge is 0.435 e. The first-order valence-corrected chi connectivity index (χ1v) is 12.4. The van der Waals surface area contributed by atoms with Crippen LogP contribution in [0.1, 0.15) is 52.2 Å². The third kappa shape index (κ3) is 4.27. The Morgan fingerprint density at radius 1 is 1.13 bits per heavy atom. The van der Waals surface area contributed by atoms with E-state index in [0.29, 0.717) is 27.6 Å². The Balaban J connectivity index is 1.42. The molecular formula is C24H18Cl2F3N7O2. The van der Waals surface area contributed by atoms with E-state index in [1.165, 1.54) is 30.6 Å². The molecule has 2 saturated carbocycles. The standard InChI is InChI=1S/C24H18Cl2F3N7O2/c25-13-2-1-7-30-20(13)36-15(9-16(35-36)24(27,28)29)21(37)32-19-14(26)8-11-10-31-34-18(11)17(19)22(38)33-23(5-6-23)12-3-4-12/h1-2,7-10,12H,3-6H2,(H,31,34)(H,32,37)(H,33,38). The highest BCUT2D eigenvalue weighted by molar-refractivity contribution is 6.36. The van der Waals surface area contributed by atoms with Crippen molar-refractivity contribution < 1.29 is 22.8 Å². The van der Waals surface area contributed by atoms with E-state index in [2.05, 4.69) is 30.9 Å². The number of carbonyl (C=O) groups excluding carboxylic acids is 2. The van der Waals surface area contributed by atoms with Gasteiger partial charge in [-0.2, -0.15) is 23.4 Å². The van der Waals surface area contributed by atoms with Gasteiger partial charge in [0.15, 0.2) is 11.5 Å². The van der Waals surface area contributed by atoms with Crippen molar-refractivity contribution in [3.05, 3.63) is 63.7 Å². The number of H-pyrrole nitrogens is 1. The molecule has 2 aliphatic carbocycles. The van der Waals surface area contributed by atoms with Crippen molar-refractivity contribution in [2.24, 2.45) is 5.92 Å². The van der Waals surface area contributed by atoms with Crippen molar-refractivity contribution in [3.8, 4) is 5.82 Å². The van der Waals surface area contributed by atoms with Crippen LogP contribution in [-0.2, 0) is 6.18 Å². The summed E-state index contributed by atoms with van der Waals surface area (Å²) in [7, 11) is 0. The number of halogens is 5. The minimum atomic E-state index is -4.85. The Labute approximate surface area is 222 Å². The fourth-order valence-electron chi connectivity index (χ4n) is 4.66. The zero-order valence-electron chi connectivity index (χ0n) is 19.4. The van der Waals surface area contributed by atoms with Crippen molar-refractivity contribution in [1.29, 1.82) is 0 Å². The Kier molecular flexibility index (Phi) is 5.65. The molecule has 4 aromatic rings. The maximum atomic E-state index is 13.5.